The van der Waals surface area contributed by atoms with E-state index in [0.717, 1.165) is 19.3 Å². The standard InChI is InChI=1S/C10H14N2O/c1-2-3-7-12(8-11)10(13)9-5-4-6-9/h2,9H,1,3-7H2. The molecule has 0 N–H and O–H groups in total. The fourth-order valence-corrected chi connectivity index (χ4v) is 1.31. The zero-order valence-electron chi connectivity index (χ0n) is 7.70. The highest BCUT2D eigenvalue weighted by Crippen LogP contribution is 2.28. The van der Waals surface area contributed by atoms with Crippen LogP contribution in [0.1, 0.15) is 25.7 Å². The molecule has 0 spiro atoms. The minimum atomic E-state index is -0.00407. The van der Waals surface area contributed by atoms with Gasteiger partial charge in [0.05, 0.1) is 0 Å². The second-order valence-corrected chi connectivity index (χ2v) is 3.30. The van der Waals surface area contributed by atoms with Crippen molar-refractivity contribution in [3.63, 3.8) is 0 Å². The second kappa shape index (κ2) is 4.66. The molecule has 0 aromatic carbocycles. The van der Waals surface area contributed by atoms with Crippen molar-refractivity contribution in [2.45, 2.75) is 25.7 Å². The number of carbonyl (C=O) groups is 1. The Morgan fingerprint density at radius 1 is 1.69 bits per heavy atom. The minimum Gasteiger partial charge on any atom is -0.273 e. The van der Waals surface area contributed by atoms with Crippen molar-refractivity contribution in [1.29, 1.82) is 5.26 Å². The van der Waals surface area contributed by atoms with E-state index in [1.54, 1.807) is 6.08 Å². The van der Waals surface area contributed by atoms with Gasteiger partial charge in [-0.1, -0.05) is 12.5 Å². The predicted octanol–water partition coefficient (Wildman–Crippen LogP) is 1.67. The van der Waals surface area contributed by atoms with Gasteiger partial charge >= 0.3 is 0 Å². The Bertz CT molecular complexity index is 238. The molecule has 0 atom stereocenters. The maximum atomic E-state index is 11.5. The molecule has 0 saturated heterocycles. The van der Waals surface area contributed by atoms with Gasteiger partial charge in [-0.2, -0.15) is 5.26 Å². The summed E-state index contributed by atoms with van der Waals surface area (Å²) in [4.78, 5) is 12.8. The maximum Gasteiger partial charge on any atom is 0.238 e. The fraction of sp³-hybridized carbons (Fsp3) is 0.600. The van der Waals surface area contributed by atoms with E-state index in [0.29, 0.717) is 13.0 Å². The highest BCUT2D eigenvalue weighted by Gasteiger charge is 2.29. The molecule has 1 saturated carbocycles. The lowest BCUT2D eigenvalue weighted by molar-refractivity contribution is -0.134. The van der Waals surface area contributed by atoms with Gasteiger partial charge in [0.1, 0.15) is 0 Å². The first-order valence-electron chi connectivity index (χ1n) is 4.61. The second-order valence-electron chi connectivity index (χ2n) is 3.30. The van der Waals surface area contributed by atoms with E-state index in [1.165, 1.54) is 4.90 Å². The minimum absolute atomic E-state index is 0.00407. The number of hydrogen-bond donors (Lipinski definition) is 0. The summed E-state index contributed by atoms with van der Waals surface area (Å²) in [7, 11) is 0. The van der Waals surface area contributed by atoms with E-state index in [9.17, 15) is 4.79 Å². The van der Waals surface area contributed by atoms with Crippen molar-refractivity contribution in [2.75, 3.05) is 6.54 Å². The monoisotopic (exact) mass is 178 g/mol. The number of amides is 1. The van der Waals surface area contributed by atoms with Gasteiger partial charge in [-0.05, 0) is 19.3 Å². The zero-order valence-corrected chi connectivity index (χ0v) is 7.70. The Hall–Kier alpha value is -1.30. The third-order valence-electron chi connectivity index (χ3n) is 2.40. The third kappa shape index (κ3) is 2.32. The lowest BCUT2D eigenvalue weighted by Crippen LogP contribution is -2.36. The highest BCUT2D eigenvalue weighted by atomic mass is 16.2. The maximum absolute atomic E-state index is 11.5. The summed E-state index contributed by atoms with van der Waals surface area (Å²) in [5.74, 6) is 0.111. The first-order valence-corrected chi connectivity index (χ1v) is 4.61. The van der Waals surface area contributed by atoms with E-state index in [2.05, 4.69) is 6.58 Å². The Balaban J connectivity index is 2.40. The number of hydrogen-bond acceptors (Lipinski definition) is 2. The molecule has 3 heteroatoms. The SMILES string of the molecule is C=CCCN(C#N)C(=O)C1CCC1. The van der Waals surface area contributed by atoms with E-state index in [-0.39, 0.29) is 11.8 Å². The summed E-state index contributed by atoms with van der Waals surface area (Å²) in [6.45, 7) is 4.04. The molecule has 1 fully saturated rings. The molecule has 0 unspecified atom stereocenters. The molecule has 1 aliphatic carbocycles. The molecular weight excluding hydrogens is 164 g/mol. The molecule has 1 aliphatic rings. The van der Waals surface area contributed by atoms with Crippen LogP contribution in [0.3, 0.4) is 0 Å². The largest absolute Gasteiger partial charge is 0.273 e. The average Bonchev–Trinajstić information content (AvgIpc) is 2.02. The van der Waals surface area contributed by atoms with Gasteiger partial charge in [-0.25, -0.2) is 4.90 Å². The smallest absolute Gasteiger partial charge is 0.238 e. The van der Waals surface area contributed by atoms with Crippen molar-refractivity contribution >= 4 is 5.91 Å². The molecule has 0 aromatic heterocycles. The van der Waals surface area contributed by atoms with Gasteiger partial charge in [0.25, 0.3) is 0 Å². The highest BCUT2D eigenvalue weighted by molar-refractivity contribution is 5.80. The number of nitriles is 1. The summed E-state index contributed by atoms with van der Waals surface area (Å²) < 4.78 is 0. The topological polar surface area (TPSA) is 44.1 Å². The van der Waals surface area contributed by atoms with Crippen LogP contribution in [0.15, 0.2) is 12.7 Å². The molecule has 0 bridgehead atoms. The van der Waals surface area contributed by atoms with E-state index >= 15 is 0 Å². The Morgan fingerprint density at radius 2 is 2.38 bits per heavy atom. The average molecular weight is 178 g/mol. The summed E-state index contributed by atoms with van der Waals surface area (Å²) in [6.07, 6.45) is 7.35. The van der Waals surface area contributed by atoms with Crippen molar-refractivity contribution in [2.24, 2.45) is 5.92 Å². The molecule has 70 valence electrons. The molecular formula is C10H14N2O. The van der Waals surface area contributed by atoms with Crippen LogP contribution in [0.4, 0.5) is 0 Å². The van der Waals surface area contributed by atoms with Crippen LogP contribution in [-0.2, 0) is 4.79 Å². The van der Waals surface area contributed by atoms with Gasteiger partial charge < -0.3 is 0 Å². The van der Waals surface area contributed by atoms with Crippen molar-refractivity contribution in [3.8, 4) is 6.19 Å². The predicted molar refractivity (Wildman–Crippen MR) is 49.5 cm³/mol. The lowest BCUT2D eigenvalue weighted by Gasteiger charge is -2.27. The van der Waals surface area contributed by atoms with Crippen molar-refractivity contribution < 1.29 is 4.79 Å². The fourth-order valence-electron chi connectivity index (χ4n) is 1.31. The zero-order chi connectivity index (χ0) is 9.68. The van der Waals surface area contributed by atoms with Crippen molar-refractivity contribution in [1.82, 2.24) is 4.90 Å². The Labute approximate surface area is 78.6 Å². The van der Waals surface area contributed by atoms with Crippen LogP contribution in [0.5, 0.6) is 0 Å². The number of carbonyl (C=O) groups excluding carboxylic acids is 1. The van der Waals surface area contributed by atoms with Crippen molar-refractivity contribution in [3.05, 3.63) is 12.7 Å². The molecule has 0 heterocycles. The van der Waals surface area contributed by atoms with Gasteiger partial charge in [0.2, 0.25) is 5.91 Å². The summed E-state index contributed by atoms with van der Waals surface area (Å²) in [5.41, 5.74) is 0. The van der Waals surface area contributed by atoms with E-state index in [1.807, 2.05) is 6.19 Å². The lowest BCUT2D eigenvalue weighted by atomic mass is 9.84. The molecule has 13 heavy (non-hydrogen) atoms. The number of nitrogens with zero attached hydrogens (tertiary/aromatic N) is 2. The summed E-state index contributed by atoms with van der Waals surface area (Å²) in [6, 6.07) is 0. The number of rotatable bonds is 4. The van der Waals surface area contributed by atoms with Gasteiger partial charge in [0, 0.05) is 12.5 Å². The normalized spacial score (nSPS) is 15.6. The Kier molecular flexibility index (Phi) is 3.51. The van der Waals surface area contributed by atoms with Crippen LogP contribution in [-0.4, -0.2) is 17.4 Å². The van der Waals surface area contributed by atoms with E-state index in [4.69, 9.17) is 5.26 Å². The Morgan fingerprint density at radius 3 is 2.77 bits per heavy atom. The first kappa shape index (κ1) is 9.79. The van der Waals surface area contributed by atoms with Crippen LogP contribution in [0.25, 0.3) is 0 Å². The molecule has 3 nitrogen and oxygen atoms in total. The molecule has 0 aliphatic heterocycles. The van der Waals surface area contributed by atoms with Gasteiger partial charge in [-0.3, -0.25) is 4.79 Å². The van der Waals surface area contributed by atoms with Crippen LogP contribution < -0.4 is 0 Å². The van der Waals surface area contributed by atoms with Crippen LogP contribution in [0.2, 0.25) is 0 Å². The quantitative estimate of drug-likeness (QED) is 0.373. The molecule has 1 amide bonds. The van der Waals surface area contributed by atoms with Gasteiger partial charge in [0.15, 0.2) is 6.19 Å². The third-order valence-corrected chi connectivity index (χ3v) is 2.40. The molecule has 0 aromatic rings. The van der Waals surface area contributed by atoms with Crippen LogP contribution >= 0.6 is 0 Å². The molecule has 1 rings (SSSR count). The van der Waals surface area contributed by atoms with E-state index < -0.39 is 0 Å². The molecule has 0 radical (unpaired) electrons. The summed E-state index contributed by atoms with van der Waals surface area (Å²) >= 11 is 0. The van der Waals surface area contributed by atoms with Crippen LogP contribution in [0, 0.1) is 17.4 Å². The summed E-state index contributed by atoms with van der Waals surface area (Å²) in [5, 5.41) is 8.71. The first-order chi connectivity index (χ1) is 6.29. The van der Waals surface area contributed by atoms with Gasteiger partial charge in [-0.15, -0.1) is 6.58 Å².